The van der Waals surface area contributed by atoms with Gasteiger partial charge in [0.2, 0.25) is 0 Å². The predicted molar refractivity (Wildman–Crippen MR) is 96.1 cm³/mol. The zero-order valence-corrected chi connectivity index (χ0v) is 15.2. The molecule has 3 nitrogen and oxygen atoms in total. The van der Waals surface area contributed by atoms with Crippen LogP contribution in [0.15, 0.2) is 30.3 Å². The smallest absolute Gasteiger partial charge is 0.265 e. The van der Waals surface area contributed by atoms with Crippen molar-refractivity contribution in [1.82, 2.24) is 0 Å². The Balaban J connectivity index is 2.11. The summed E-state index contributed by atoms with van der Waals surface area (Å²) in [5.41, 5.74) is 2.50. The third-order valence-electron chi connectivity index (χ3n) is 3.25. The highest BCUT2D eigenvalue weighted by molar-refractivity contribution is 6.35. The topological polar surface area (TPSA) is 38.3 Å². The number of ether oxygens (including phenoxy) is 1. The Morgan fingerprint density at radius 3 is 2.39 bits per heavy atom. The van der Waals surface area contributed by atoms with Crippen molar-refractivity contribution in [3.05, 3.63) is 56.5 Å². The lowest BCUT2D eigenvalue weighted by Crippen LogP contribution is -2.30. The first kappa shape index (κ1) is 17.9. The molecule has 0 aliphatic rings. The standard InChI is InChI=1S/C17H16Cl3NO2/c1-9-6-10(2)16(14(20)7-9)21-17(22)11(3)23-15-5-4-12(18)8-13(15)19/h4-8,11H,1-3H3,(H,21,22). The molecule has 0 fully saturated rings. The molecular formula is C17H16Cl3NO2. The van der Waals surface area contributed by atoms with Gasteiger partial charge in [0.05, 0.1) is 15.7 Å². The molecule has 0 spiro atoms. The van der Waals surface area contributed by atoms with E-state index < -0.39 is 6.10 Å². The van der Waals surface area contributed by atoms with Gasteiger partial charge in [-0.2, -0.15) is 0 Å². The van der Waals surface area contributed by atoms with E-state index in [2.05, 4.69) is 5.32 Å². The number of anilines is 1. The average Bonchev–Trinajstić information content (AvgIpc) is 2.45. The zero-order chi connectivity index (χ0) is 17.1. The Morgan fingerprint density at radius 2 is 1.78 bits per heavy atom. The van der Waals surface area contributed by atoms with Crippen LogP contribution in [0, 0.1) is 13.8 Å². The van der Waals surface area contributed by atoms with Crippen LogP contribution in [0.4, 0.5) is 5.69 Å². The summed E-state index contributed by atoms with van der Waals surface area (Å²) in [6, 6.07) is 8.58. The highest BCUT2D eigenvalue weighted by atomic mass is 35.5. The first-order valence-corrected chi connectivity index (χ1v) is 8.10. The third-order valence-corrected chi connectivity index (χ3v) is 4.08. The van der Waals surface area contributed by atoms with Crippen LogP contribution in [-0.2, 0) is 4.79 Å². The summed E-state index contributed by atoms with van der Waals surface area (Å²) in [4.78, 5) is 12.3. The van der Waals surface area contributed by atoms with Crippen LogP contribution < -0.4 is 10.1 Å². The van der Waals surface area contributed by atoms with E-state index in [-0.39, 0.29) is 5.91 Å². The number of halogens is 3. The molecule has 0 heterocycles. The van der Waals surface area contributed by atoms with E-state index in [1.54, 1.807) is 31.2 Å². The van der Waals surface area contributed by atoms with Crippen LogP contribution in [0.2, 0.25) is 15.1 Å². The second-order valence-electron chi connectivity index (χ2n) is 5.26. The summed E-state index contributed by atoms with van der Waals surface area (Å²) in [5.74, 6) is 0.0790. The molecule has 2 aromatic carbocycles. The first-order valence-electron chi connectivity index (χ1n) is 6.97. The van der Waals surface area contributed by atoms with E-state index >= 15 is 0 Å². The molecule has 0 saturated carbocycles. The molecule has 1 amide bonds. The number of benzene rings is 2. The van der Waals surface area contributed by atoms with Gasteiger partial charge < -0.3 is 10.1 Å². The van der Waals surface area contributed by atoms with E-state index in [1.807, 2.05) is 19.9 Å². The van der Waals surface area contributed by atoms with Crippen molar-refractivity contribution < 1.29 is 9.53 Å². The van der Waals surface area contributed by atoms with E-state index in [4.69, 9.17) is 39.5 Å². The molecule has 0 aliphatic heterocycles. The number of carbonyl (C=O) groups excluding carboxylic acids is 1. The molecule has 1 N–H and O–H groups in total. The molecule has 0 aromatic heterocycles. The van der Waals surface area contributed by atoms with Crippen LogP contribution in [0.3, 0.4) is 0 Å². The molecular weight excluding hydrogens is 357 g/mol. The van der Waals surface area contributed by atoms with Gasteiger partial charge in [0.25, 0.3) is 5.91 Å². The number of hydrogen-bond donors (Lipinski definition) is 1. The van der Waals surface area contributed by atoms with Crippen molar-refractivity contribution in [3.63, 3.8) is 0 Å². The minimum absolute atomic E-state index is 0.315. The van der Waals surface area contributed by atoms with Crippen molar-refractivity contribution in [1.29, 1.82) is 0 Å². The molecule has 6 heteroatoms. The van der Waals surface area contributed by atoms with E-state index in [9.17, 15) is 4.79 Å². The van der Waals surface area contributed by atoms with Crippen LogP contribution in [-0.4, -0.2) is 12.0 Å². The SMILES string of the molecule is Cc1cc(C)c(NC(=O)C(C)Oc2ccc(Cl)cc2Cl)c(Cl)c1. The van der Waals surface area contributed by atoms with Gasteiger partial charge in [-0.05, 0) is 56.2 Å². The zero-order valence-electron chi connectivity index (χ0n) is 12.9. The Bertz CT molecular complexity index is 724. The van der Waals surface area contributed by atoms with Crippen molar-refractivity contribution >= 4 is 46.4 Å². The van der Waals surface area contributed by atoms with Gasteiger partial charge in [0.15, 0.2) is 6.10 Å². The lowest BCUT2D eigenvalue weighted by molar-refractivity contribution is -0.122. The largest absolute Gasteiger partial charge is 0.479 e. The number of aryl methyl sites for hydroxylation is 2. The summed E-state index contributed by atoms with van der Waals surface area (Å²) < 4.78 is 5.59. The second-order valence-corrected chi connectivity index (χ2v) is 6.51. The molecule has 0 saturated heterocycles. The number of carbonyl (C=O) groups is 1. The fourth-order valence-corrected chi connectivity index (χ4v) is 2.94. The van der Waals surface area contributed by atoms with Gasteiger partial charge in [-0.1, -0.05) is 40.9 Å². The minimum atomic E-state index is -0.745. The van der Waals surface area contributed by atoms with Gasteiger partial charge in [-0.25, -0.2) is 0 Å². The van der Waals surface area contributed by atoms with Gasteiger partial charge in [-0.3, -0.25) is 4.79 Å². The van der Waals surface area contributed by atoms with Gasteiger partial charge >= 0.3 is 0 Å². The Kier molecular flexibility index (Phi) is 5.79. The highest BCUT2D eigenvalue weighted by Crippen LogP contribution is 2.30. The summed E-state index contributed by atoms with van der Waals surface area (Å²) in [6.45, 7) is 5.46. The number of nitrogens with one attached hydrogen (secondary N) is 1. The Hall–Kier alpha value is -1.42. The summed E-state index contributed by atoms with van der Waals surface area (Å²) in [7, 11) is 0. The second kappa shape index (κ2) is 7.43. The third kappa shape index (κ3) is 4.54. The predicted octanol–water partition coefficient (Wildman–Crippen LogP) is 5.67. The number of hydrogen-bond acceptors (Lipinski definition) is 2. The highest BCUT2D eigenvalue weighted by Gasteiger charge is 2.18. The fraction of sp³-hybridized carbons (Fsp3) is 0.235. The van der Waals surface area contributed by atoms with E-state index in [0.717, 1.165) is 11.1 Å². The van der Waals surface area contributed by atoms with Crippen LogP contribution in [0.5, 0.6) is 5.75 Å². The molecule has 1 unspecified atom stereocenters. The van der Waals surface area contributed by atoms with Crippen LogP contribution >= 0.6 is 34.8 Å². The summed E-state index contributed by atoms with van der Waals surface area (Å²) in [5, 5.41) is 4.13. The molecule has 1 atom stereocenters. The minimum Gasteiger partial charge on any atom is -0.479 e. The van der Waals surface area contributed by atoms with E-state index in [1.165, 1.54) is 0 Å². The van der Waals surface area contributed by atoms with Gasteiger partial charge in [0.1, 0.15) is 5.75 Å². The molecule has 0 bridgehead atoms. The van der Waals surface area contributed by atoms with Crippen molar-refractivity contribution in [2.75, 3.05) is 5.32 Å². The number of amides is 1. The maximum atomic E-state index is 12.3. The monoisotopic (exact) mass is 371 g/mol. The maximum Gasteiger partial charge on any atom is 0.265 e. The molecule has 23 heavy (non-hydrogen) atoms. The quantitative estimate of drug-likeness (QED) is 0.751. The fourth-order valence-electron chi connectivity index (χ4n) is 2.11. The van der Waals surface area contributed by atoms with Crippen molar-refractivity contribution in [3.8, 4) is 5.75 Å². The van der Waals surface area contributed by atoms with Crippen LogP contribution in [0.25, 0.3) is 0 Å². The molecule has 0 aliphatic carbocycles. The average molecular weight is 373 g/mol. The van der Waals surface area contributed by atoms with Gasteiger partial charge in [-0.15, -0.1) is 0 Å². The summed E-state index contributed by atoms with van der Waals surface area (Å²) in [6.07, 6.45) is -0.745. The molecule has 2 aromatic rings. The summed E-state index contributed by atoms with van der Waals surface area (Å²) >= 11 is 18.1. The Morgan fingerprint density at radius 1 is 1.09 bits per heavy atom. The molecule has 0 radical (unpaired) electrons. The van der Waals surface area contributed by atoms with E-state index in [0.29, 0.717) is 26.5 Å². The number of rotatable bonds is 4. The lowest BCUT2D eigenvalue weighted by atomic mass is 10.1. The van der Waals surface area contributed by atoms with Crippen LogP contribution in [0.1, 0.15) is 18.1 Å². The normalized spacial score (nSPS) is 11.9. The van der Waals surface area contributed by atoms with Gasteiger partial charge in [0, 0.05) is 5.02 Å². The first-order chi connectivity index (χ1) is 10.8. The Labute approximate surface area is 150 Å². The van der Waals surface area contributed by atoms with Crippen molar-refractivity contribution in [2.24, 2.45) is 0 Å². The molecule has 122 valence electrons. The lowest BCUT2D eigenvalue weighted by Gasteiger charge is -2.17. The van der Waals surface area contributed by atoms with Crippen molar-refractivity contribution in [2.45, 2.75) is 26.9 Å². The maximum absolute atomic E-state index is 12.3. The molecule has 2 rings (SSSR count).